The van der Waals surface area contributed by atoms with Crippen LogP contribution in [0.4, 0.5) is 4.79 Å². The highest BCUT2D eigenvalue weighted by Crippen LogP contribution is 2.20. The average molecular weight is 749 g/mol. The standard InChI is InChI=1S/C43H76N2O8/c1-5-8-11-14-16-23-38(24-17-15-12-9-6-2)36-52-41(47)27-20-19-26-40(46)50-34-37(4)35-51-42(48)29-28-39(25-18-13-10-7-3)53-43(49)44-30-33-45-31-21-22-32-45/h5-6,37-39H,1-2,7-36H2,3-4H3,(H,44,49). The molecule has 1 aliphatic heterocycles. The molecule has 10 nitrogen and oxygen atoms in total. The van der Waals surface area contributed by atoms with Crippen molar-refractivity contribution in [2.45, 2.75) is 168 Å². The lowest BCUT2D eigenvalue weighted by Crippen LogP contribution is -2.35. The zero-order chi connectivity index (χ0) is 38.8. The summed E-state index contributed by atoms with van der Waals surface area (Å²) in [5, 5.41) is 2.86. The van der Waals surface area contributed by atoms with Crippen molar-refractivity contribution in [3.8, 4) is 0 Å². The maximum Gasteiger partial charge on any atom is 0.407 e. The summed E-state index contributed by atoms with van der Waals surface area (Å²) in [5.41, 5.74) is 0. The second-order valence-electron chi connectivity index (χ2n) is 15.0. The first kappa shape index (κ1) is 48.1. The number of ether oxygens (including phenoxy) is 4. The van der Waals surface area contributed by atoms with E-state index in [-0.39, 0.29) is 56.0 Å². The normalized spacial score (nSPS) is 14.0. The minimum absolute atomic E-state index is 0.140. The van der Waals surface area contributed by atoms with E-state index in [9.17, 15) is 19.2 Å². The molecule has 0 radical (unpaired) electrons. The number of carbonyl (C=O) groups excluding carboxylic acids is 4. The Morgan fingerprint density at radius 1 is 0.660 bits per heavy atom. The Morgan fingerprint density at radius 2 is 1.19 bits per heavy atom. The monoisotopic (exact) mass is 749 g/mol. The van der Waals surface area contributed by atoms with Crippen LogP contribution in [0.2, 0.25) is 0 Å². The molecule has 0 aromatic carbocycles. The van der Waals surface area contributed by atoms with Crippen LogP contribution in [0.5, 0.6) is 0 Å². The first-order chi connectivity index (χ1) is 25.8. The van der Waals surface area contributed by atoms with Crippen molar-refractivity contribution in [1.29, 1.82) is 0 Å². The molecule has 1 fully saturated rings. The summed E-state index contributed by atoms with van der Waals surface area (Å²) in [7, 11) is 0. The molecule has 0 aromatic rings. The summed E-state index contributed by atoms with van der Waals surface area (Å²) in [6, 6.07) is 0. The Kier molecular flexibility index (Phi) is 30.6. The van der Waals surface area contributed by atoms with Crippen LogP contribution in [0, 0.1) is 11.8 Å². The molecule has 1 N–H and O–H groups in total. The minimum atomic E-state index is -0.431. The van der Waals surface area contributed by atoms with Crippen LogP contribution in [-0.2, 0) is 33.3 Å². The predicted molar refractivity (Wildman–Crippen MR) is 213 cm³/mol. The van der Waals surface area contributed by atoms with Gasteiger partial charge in [-0.15, -0.1) is 13.2 Å². The number of esters is 3. The number of nitrogens with zero attached hydrogens (tertiary/aromatic N) is 1. The highest BCUT2D eigenvalue weighted by atomic mass is 16.6. The first-order valence-electron chi connectivity index (χ1n) is 21.1. The van der Waals surface area contributed by atoms with Gasteiger partial charge < -0.3 is 29.2 Å². The molecule has 53 heavy (non-hydrogen) atoms. The summed E-state index contributed by atoms with van der Waals surface area (Å²) in [5.74, 6) is -0.655. The van der Waals surface area contributed by atoms with E-state index in [0.29, 0.717) is 44.8 Å². The van der Waals surface area contributed by atoms with Gasteiger partial charge in [0.05, 0.1) is 19.8 Å². The van der Waals surface area contributed by atoms with Crippen molar-refractivity contribution in [1.82, 2.24) is 10.2 Å². The number of likely N-dealkylation sites (tertiary alicyclic amines) is 1. The van der Waals surface area contributed by atoms with Gasteiger partial charge in [0.15, 0.2) is 0 Å². The summed E-state index contributed by atoms with van der Waals surface area (Å²) >= 11 is 0. The van der Waals surface area contributed by atoms with Crippen LogP contribution < -0.4 is 5.32 Å². The number of hydrogen-bond donors (Lipinski definition) is 1. The largest absolute Gasteiger partial charge is 0.465 e. The Labute approximate surface area is 322 Å². The molecule has 0 aromatic heterocycles. The molecule has 2 unspecified atom stereocenters. The second-order valence-corrected chi connectivity index (χ2v) is 15.0. The number of carbonyl (C=O) groups is 4. The summed E-state index contributed by atoms with van der Waals surface area (Å²) in [6.45, 7) is 15.9. The SMILES string of the molecule is C=CCCCCCC(CCCCCC=C)COC(=O)CCCCC(=O)OCC(C)COC(=O)CCC(CCCCCC)OC(=O)NCCN1CCCC1. The fraction of sp³-hybridized carbons (Fsp3) is 0.814. The van der Waals surface area contributed by atoms with E-state index in [1.807, 2.05) is 19.1 Å². The van der Waals surface area contributed by atoms with Crippen molar-refractivity contribution in [3.63, 3.8) is 0 Å². The zero-order valence-corrected chi connectivity index (χ0v) is 33.7. The van der Waals surface area contributed by atoms with Crippen LogP contribution in [0.25, 0.3) is 0 Å². The van der Waals surface area contributed by atoms with Gasteiger partial charge in [0.25, 0.3) is 0 Å². The third-order valence-corrected chi connectivity index (χ3v) is 9.81. The lowest BCUT2D eigenvalue weighted by atomic mass is 9.95. The Morgan fingerprint density at radius 3 is 1.75 bits per heavy atom. The molecule has 1 heterocycles. The summed E-state index contributed by atoms with van der Waals surface area (Å²) in [4.78, 5) is 52.0. The molecule has 0 spiro atoms. The van der Waals surface area contributed by atoms with Gasteiger partial charge in [-0.25, -0.2) is 4.79 Å². The summed E-state index contributed by atoms with van der Waals surface area (Å²) < 4.78 is 22.2. The average Bonchev–Trinajstić information content (AvgIpc) is 3.67. The molecular formula is C43H76N2O8. The van der Waals surface area contributed by atoms with Gasteiger partial charge in [-0.2, -0.15) is 0 Å². The molecule has 1 aliphatic rings. The van der Waals surface area contributed by atoms with E-state index in [1.165, 1.54) is 25.7 Å². The number of unbranched alkanes of at least 4 members (excludes halogenated alkanes) is 10. The van der Waals surface area contributed by atoms with Crippen molar-refractivity contribution < 1.29 is 38.1 Å². The highest BCUT2D eigenvalue weighted by molar-refractivity contribution is 5.71. The number of hydrogen-bond acceptors (Lipinski definition) is 9. The first-order valence-corrected chi connectivity index (χ1v) is 21.1. The quantitative estimate of drug-likeness (QED) is 0.0292. The Bertz CT molecular complexity index is 965. The number of rotatable bonds is 35. The van der Waals surface area contributed by atoms with E-state index in [0.717, 1.165) is 103 Å². The number of alkyl carbamates (subject to hydrolysis) is 1. The van der Waals surface area contributed by atoms with Crippen molar-refractivity contribution in [2.24, 2.45) is 11.8 Å². The molecular weight excluding hydrogens is 672 g/mol. The molecule has 0 saturated carbocycles. The van der Waals surface area contributed by atoms with Crippen molar-refractivity contribution in [2.75, 3.05) is 46.0 Å². The topological polar surface area (TPSA) is 120 Å². The van der Waals surface area contributed by atoms with E-state index >= 15 is 0 Å². The molecule has 1 amide bonds. The van der Waals surface area contributed by atoms with E-state index < -0.39 is 6.09 Å². The molecule has 2 atom stereocenters. The van der Waals surface area contributed by atoms with E-state index in [1.54, 1.807) is 0 Å². The van der Waals surface area contributed by atoms with Gasteiger partial charge in [-0.3, -0.25) is 14.4 Å². The molecule has 1 saturated heterocycles. The van der Waals surface area contributed by atoms with Gasteiger partial charge in [0.1, 0.15) is 6.10 Å². The van der Waals surface area contributed by atoms with Gasteiger partial charge in [-0.05, 0) is 102 Å². The smallest absolute Gasteiger partial charge is 0.407 e. The van der Waals surface area contributed by atoms with Gasteiger partial charge in [0.2, 0.25) is 0 Å². The van der Waals surface area contributed by atoms with Crippen molar-refractivity contribution in [3.05, 3.63) is 25.3 Å². The Balaban J connectivity index is 2.24. The van der Waals surface area contributed by atoms with Crippen LogP contribution in [0.1, 0.15) is 162 Å². The number of amides is 1. The molecule has 0 bridgehead atoms. The van der Waals surface area contributed by atoms with Gasteiger partial charge in [-0.1, -0.05) is 70.9 Å². The van der Waals surface area contributed by atoms with Crippen molar-refractivity contribution >= 4 is 24.0 Å². The molecule has 10 heteroatoms. The maximum absolute atomic E-state index is 12.5. The van der Waals surface area contributed by atoms with Gasteiger partial charge >= 0.3 is 24.0 Å². The number of nitrogens with one attached hydrogen (secondary N) is 1. The lowest BCUT2D eigenvalue weighted by Gasteiger charge is -2.19. The molecule has 1 rings (SSSR count). The van der Waals surface area contributed by atoms with Crippen LogP contribution in [-0.4, -0.2) is 81.0 Å². The van der Waals surface area contributed by atoms with E-state index in [2.05, 4.69) is 30.3 Å². The predicted octanol–water partition coefficient (Wildman–Crippen LogP) is 9.64. The fourth-order valence-corrected chi connectivity index (χ4v) is 6.45. The van der Waals surface area contributed by atoms with Crippen LogP contribution >= 0.6 is 0 Å². The van der Waals surface area contributed by atoms with Crippen LogP contribution in [0.3, 0.4) is 0 Å². The fourth-order valence-electron chi connectivity index (χ4n) is 6.45. The van der Waals surface area contributed by atoms with Crippen LogP contribution in [0.15, 0.2) is 25.3 Å². The van der Waals surface area contributed by atoms with E-state index in [4.69, 9.17) is 18.9 Å². The third-order valence-electron chi connectivity index (χ3n) is 9.81. The summed E-state index contributed by atoms with van der Waals surface area (Å²) in [6.07, 6.45) is 23.9. The Hall–Kier alpha value is -2.88. The zero-order valence-electron chi connectivity index (χ0n) is 33.7. The minimum Gasteiger partial charge on any atom is -0.465 e. The van der Waals surface area contributed by atoms with Gasteiger partial charge in [0, 0.05) is 38.3 Å². The second kappa shape index (κ2) is 33.7. The molecule has 0 aliphatic carbocycles. The lowest BCUT2D eigenvalue weighted by molar-refractivity contribution is -0.150. The highest BCUT2D eigenvalue weighted by Gasteiger charge is 2.19. The molecule has 306 valence electrons. The third kappa shape index (κ3) is 29.2. The number of allylic oxidation sites excluding steroid dienone is 2. The maximum atomic E-state index is 12.5.